The zero-order valence-corrected chi connectivity index (χ0v) is 23.7. The fraction of sp³-hybridized carbons (Fsp3) is 0.267. The van der Waals surface area contributed by atoms with Crippen LogP contribution in [0.1, 0.15) is 52.0 Å². The Balaban J connectivity index is 1.59. The van der Waals surface area contributed by atoms with Gasteiger partial charge in [-0.3, -0.25) is 14.7 Å². The summed E-state index contributed by atoms with van der Waals surface area (Å²) in [6.07, 6.45) is 2.65. The molecule has 0 saturated heterocycles. The molecule has 1 amide bonds. The third-order valence-corrected chi connectivity index (χ3v) is 7.02. The van der Waals surface area contributed by atoms with E-state index >= 15 is 0 Å². The number of aromatic nitrogens is 1. The van der Waals surface area contributed by atoms with E-state index in [9.17, 15) is 22.4 Å². The average molecular weight is 584 g/mol. The molecule has 8 nitrogen and oxygen atoms in total. The summed E-state index contributed by atoms with van der Waals surface area (Å²) in [4.78, 5) is 19.2. The van der Waals surface area contributed by atoms with Gasteiger partial charge in [0.05, 0.1) is 16.9 Å². The summed E-state index contributed by atoms with van der Waals surface area (Å²) in [7, 11) is 1.67. The number of carbonyl (C=O) groups excluding carboxylic acids is 1. The van der Waals surface area contributed by atoms with Crippen LogP contribution in [0.2, 0.25) is 0 Å². The second-order valence-corrected chi connectivity index (χ2v) is 10.4. The molecule has 42 heavy (non-hydrogen) atoms. The number of carbonyl (C=O) groups is 1. The molecule has 0 aliphatic carbocycles. The molecule has 3 aromatic rings. The highest BCUT2D eigenvalue weighted by atomic mass is 19.4. The smallest absolute Gasteiger partial charge is 0.397 e. The third-order valence-electron chi connectivity index (χ3n) is 7.02. The van der Waals surface area contributed by atoms with E-state index in [1.54, 1.807) is 31.1 Å². The van der Waals surface area contributed by atoms with Gasteiger partial charge in [0, 0.05) is 47.4 Å². The van der Waals surface area contributed by atoms with Gasteiger partial charge in [-0.25, -0.2) is 15.2 Å². The van der Waals surface area contributed by atoms with E-state index in [1.165, 1.54) is 29.4 Å². The van der Waals surface area contributed by atoms with Gasteiger partial charge in [0.1, 0.15) is 11.6 Å². The zero-order valence-electron chi connectivity index (χ0n) is 23.7. The summed E-state index contributed by atoms with van der Waals surface area (Å²) in [5.74, 6) is 4.99. The van der Waals surface area contributed by atoms with Gasteiger partial charge < -0.3 is 16.4 Å². The van der Waals surface area contributed by atoms with Gasteiger partial charge in [-0.05, 0) is 81.9 Å². The summed E-state index contributed by atoms with van der Waals surface area (Å²) in [6, 6.07) is 8.34. The topological polar surface area (TPSA) is 113 Å². The number of amides is 1. The number of rotatable bonds is 8. The number of hydrazine groups is 1. The van der Waals surface area contributed by atoms with Crippen LogP contribution in [-0.4, -0.2) is 28.9 Å². The third kappa shape index (κ3) is 6.89. The van der Waals surface area contributed by atoms with Crippen LogP contribution in [0.3, 0.4) is 0 Å². The highest BCUT2D eigenvalue weighted by Crippen LogP contribution is 2.35. The van der Waals surface area contributed by atoms with E-state index in [-0.39, 0.29) is 29.4 Å². The van der Waals surface area contributed by atoms with Crippen molar-refractivity contribution in [2.45, 2.75) is 46.0 Å². The molecule has 0 fully saturated rings. The highest BCUT2D eigenvalue weighted by Gasteiger charge is 2.36. The van der Waals surface area contributed by atoms with Crippen molar-refractivity contribution < 1.29 is 22.4 Å². The molecule has 0 radical (unpaired) electrons. The van der Waals surface area contributed by atoms with E-state index in [0.717, 1.165) is 16.9 Å². The van der Waals surface area contributed by atoms with Crippen LogP contribution >= 0.6 is 0 Å². The maximum atomic E-state index is 14.8. The number of hydrogen-bond donors (Lipinski definition) is 4. The number of fused-ring (bicyclic) bond motifs is 1. The Kier molecular flexibility index (Phi) is 8.88. The van der Waals surface area contributed by atoms with Gasteiger partial charge in [-0.1, -0.05) is 12.1 Å². The number of nitrogens with two attached hydrogens (primary N) is 2. The van der Waals surface area contributed by atoms with Crippen molar-refractivity contribution >= 4 is 28.8 Å². The SMILES string of the molecule is Cc1ccc(C(=O)Nc2cc(CN(C)C(C)C)c(F)c(C(F)(F)F)c2)cc1N(N)/C=C(\N)c1cnc2c(c1)CC=CN2. The van der Waals surface area contributed by atoms with Crippen molar-refractivity contribution in [1.82, 2.24) is 9.88 Å². The van der Waals surface area contributed by atoms with Crippen LogP contribution in [0, 0.1) is 12.7 Å². The van der Waals surface area contributed by atoms with E-state index < -0.39 is 23.5 Å². The van der Waals surface area contributed by atoms with Gasteiger partial charge in [0.2, 0.25) is 0 Å². The van der Waals surface area contributed by atoms with E-state index in [2.05, 4.69) is 15.6 Å². The number of nitrogens with zero attached hydrogens (tertiary/aromatic N) is 3. The first-order valence-corrected chi connectivity index (χ1v) is 13.2. The summed E-state index contributed by atoms with van der Waals surface area (Å²) in [5.41, 5.74) is 7.74. The Hall–Kier alpha value is -4.42. The number of aryl methyl sites for hydroxylation is 1. The lowest BCUT2D eigenvalue weighted by Gasteiger charge is -2.23. The summed E-state index contributed by atoms with van der Waals surface area (Å²) >= 11 is 0. The number of nitrogens with one attached hydrogen (secondary N) is 2. The van der Waals surface area contributed by atoms with Gasteiger partial charge in [-0.15, -0.1) is 0 Å². The molecule has 6 N–H and O–H groups in total. The van der Waals surface area contributed by atoms with Gasteiger partial charge in [0.25, 0.3) is 5.91 Å². The van der Waals surface area contributed by atoms with Crippen LogP contribution in [0.5, 0.6) is 0 Å². The molecule has 2 heterocycles. The van der Waals surface area contributed by atoms with Crippen molar-refractivity contribution in [3.05, 3.63) is 100 Å². The monoisotopic (exact) mass is 583 g/mol. The molecule has 1 aliphatic rings. The van der Waals surface area contributed by atoms with E-state index in [0.29, 0.717) is 29.4 Å². The van der Waals surface area contributed by atoms with Crippen molar-refractivity contribution in [3.63, 3.8) is 0 Å². The second-order valence-electron chi connectivity index (χ2n) is 10.4. The summed E-state index contributed by atoms with van der Waals surface area (Å²) in [5, 5.41) is 6.81. The maximum Gasteiger partial charge on any atom is 0.419 e. The van der Waals surface area contributed by atoms with Gasteiger partial charge in [-0.2, -0.15) is 13.2 Å². The number of benzene rings is 2. The molecule has 2 aromatic carbocycles. The molecular weight excluding hydrogens is 550 g/mol. The lowest BCUT2D eigenvalue weighted by molar-refractivity contribution is -0.140. The number of hydrogen-bond acceptors (Lipinski definition) is 7. The Morgan fingerprint density at radius 1 is 1.19 bits per heavy atom. The average Bonchev–Trinajstić information content (AvgIpc) is 2.93. The van der Waals surface area contributed by atoms with Gasteiger partial charge >= 0.3 is 6.18 Å². The molecule has 0 bridgehead atoms. The number of alkyl halides is 3. The minimum absolute atomic E-state index is 0.0390. The molecule has 0 spiro atoms. The molecule has 4 rings (SSSR count). The molecule has 0 atom stereocenters. The zero-order chi connectivity index (χ0) is 30.8. The number of allylic oxidation sites excluding steroid dienone is 1. The number of anilines is 3. The molecule has 0 saturated carbocycles. The van der Waals surface area contributed by atoms with Crippen molar-refractivity contribution in [1.29, 1.82) is 0 Å². The number of pyridine rings is 1. The predicted molar refractivity (Wildman–Crippen MR) is 157 cm³/mol. The summed E-state index contributed by atoms with van der Waals surface area (Å²) < 4.78 is 55.8. The molecule has 222 valence electrons. The Bertz CT molecular complexity index is 1550. The fourth-order valence-electron chi connectivity index (χ4n) is 4.33. The Labute approximate surface area is 241 Å². The number of halogens is 4. The first-order chi connectivity index (χ1) is 19.7. The molecular formula is C30H33F4N7O. The largest absolute Gasteiger partial charge is 0.419 e. The minimum Gasteiger partial charge on any atom is -0.397 e. The van der Waals surface area contributed by atoms with Crippen molar-refractivity contribution in [2.24, 2.45) is 11.6 Å². The molecule has 0 unspecified atom stereocenters. The summed E-state index contributed by atoms with van der Waals surface area (Å²) in [6.45, 7) is 5.39. The first-order valence-electron chi connectivity index (χ1n) is 13.2. The lowest BCUT2D eigenvalue weighted by atomic mass is 10.1. The van der Waals surface area contributed by atoms with Crippen LogP contribution in [0.25, 0.3) is 5.70 Å². The predicted octanol–water partition coefficient (Wildman–Crippen LogP) is 5.76. The van der Waals surface area contributed by atoms with Crippen molar-refractivity contribution in [2.75, 3.05) is 22.7 Å². The van der Waals surface area contributed by atoms with E-state index in [1.807, 2.05) is 32.2 Å². The highest BCUT2D eigenvalue weighted by molar-refractivity contribution is 6.05. The Morgan fingerprint density at radius 3 is 2.62 bits per heavy atom. The van der Waals surface area contributed by atoms with Crippen LogP contribution < -0.4 is 27.2 Å². The van der Waals surface area contributed by atoms with Gasteiger partial charge in [0.15, 0.2) is 0 Å². The second kappa shape index (κ2) is 12.2. The Morgan fingerprint density at radius 2 is 1.93 bits per heavy atom. The molecule has 12 heteroatoms. The normalized spacial score (nSPS) is 13.3. The maximum absolute atomic E-state index is 14.8. The van der Waals surface area contributed by atoms with Crippen molar-refractivity contribution in [3.8, 4) is 0 Å². The van der Waals surface area contributed by atoms with Crippen LogP contribution in [0.15, 0.2) is 61.1 Å². The molecule has 1 aromatic heterocycles. The quantitative estimate of drug-likeness (QED) is 0.152. The van der Waals surface area contributed by atoms with Crippen LogP contribution in [-0.2, 0) is 19.1 Å². The standard InChI is InChI=1S/C30H33F4N7O/c1-17(2)40(4)15-22-11-23(13-24(27(22)31)30(32,33)34)39-29(42)20-8-7-18(3)26(12-20)41(36)16-25(35)21-10-19-6-5-9-37-28(19)38-14-21/h5,7-14,16-17H,6,15,35-36H2,1-4H3,(H,37,38)(H,39,42)/b25-16-. The minimum atomic E-state index is -4.94. The van der Waals surface area contributed by atoms with E-state index in [4.69, 9.17) is 11.6 Å². The first kappa shape index (κ1) is 30.5. The fourth-order valence-corrected chi connectivity index (χ4v) is 4.33. The lowest BCUT2D eigenvalue weighted by Crippen LogP contribution is -2.27. The van der Waals surface area contributed by atoms with Crippen LogP contribution in [0.4, 0.5) is 34.8 Å². The molecule has 1 aliphatic heterocycles.